The predicted octanol–water partition coefficient (Wildman–Crippen LogP) is 7.61. The lowest BCUT2D eigenvalue weighted by Crippen LogP contribution is -2.65. The fourth-order valence-corrected chi connectivity index (χ4v) is 8.35. The van der Waals surface area contributed by atoms with Crippen molar-refractivity contribution in [3.8, 4) is 11.8 Å². The van der Waals surface area contributed by atoms with Crippen molar-refractivity contribution >= 4 is 11.8 Å². The largest absolute Gasteiger partial charge is 0.478 e. The molecule has 0 aliphatic heterocycles. The van der Waals surface area contributed by atoms with Crippen molar-refractivity contribution < 1.29 is 41.8 Å². The highest BCUT2D eigenvalue weighted by Crippen LogP contribution is 2.70. The molecule has 2 fully saturated rings. The third-order valence-corrected chi connectivity index (χ3v) is 10.6. The second kappa shape index (κ2) is 10.4. The second-order valence-corrected chi connectivity index (χ2v) is 12.7. The number of benzene rings is 2. The van der Waals surface area contributed by atoms with Crippen molar-refractivity contribution in [2.75, 3.05) is 0 Å². The van der Waals surface area contributed by atoms with Crippen molar-refractivity contribution in [3.63, 3.8) is 0 Å². The fraction of sp³-hybridized carbons (Fsp3) is 0.429. The summed E-state index contributed by atoms with van der Waals surface area (Å²) in [5.41, 5.74) is 0.104. The highest BCUT2D eigenvalue weighted by atomic mass is 19.4. The summed E-state index contributed by atoms with van der Waals surface area (Å²) in [7, 11) is 0. The first-order valence-electron chi connectivity index (χ1n) is 14.8. The maximum absolute atomic E-state index is 15.2. The summed E-state index contributed by atoms with van der Waals surface area (Å²) >= 11 is 0. The third kappa shape index (κ3) is 4.61. The van der Waals surface area contributed by atoms with E-state index in [2.05, 4.69) is 11.8 Å². The molecular formula is C35H31F5O4. The second-order valence-electron chi connectivity index (χ2n) is 12.7. The molecule has 0 unspecified atom stereocenters. The van der Waals surface area contributed by atoms with Gasteiger partial charge in [0.05, 0.1) is 5.56 Å². The van der Waals surface area contributed by atoms with Crippen LogP contribution in [-0.2, 0) is 4.79 Å². The molecule has 0 amide bonds. The first kappa shape index (κ1) is 30.3. The summed E-state index contributed by atoms with van der Waals surface area (Å²) in [5.74, 6) is -1.66. The number of fused-ring (bicyclic) bond motifs is 4. The molecule has 2 saturated carbocycles. The lowest BCUT2D eigenvalue weighted by atomic mass is 9.50. The van der Waals surface area contributed by atoms with Crippen molar-refractivity contribution in [1.82, 2.24) is 0 Å². The molecule has 0 spiro atoms. The van der Waals surface area contributed by atoms with E-state index in [-0.39, 0.29) is 30.1 Å². The van der Waals surface area contributed by atoms with Crippen LogP contribution >= 0.6 is 0 Å². The van der Waals surface area contributed by atoms with E-state index in [9.17, 15) is 27.9 Å². The number of aromatic carboxylic acids is 1. The van der Waals surface area contributed by atoms with Crippen LogP contribution in [-0.4, -0.2) is 39.7 Å². The Morgan fingerprint density at radius 1 is 0.909 bits per heavy atom. The molecule has 4 aliphatic carbocycles. The van der Waals surface area contributed by atoms with Gasteiger partial charge in [-0.3, -0.25) is 4.79 Å². The minimum atomic E-state index is -5.89. The number of carbonyl (C=O) groups is 2. The molecule has 2 aromatic carbocycles. The molecule has 4 aliphatic rings. The number of carboxylic acid groups (broad SMARTS) is 1. The smallest absolute Gasteiger partial charge is 0.456 e. The molecule has 5 atom stereocenters. The van der Waals surface area contributed by atoms with E-state index >= 15 is 8.78 Å². The van der Waals surface area contributed by atoms with Crippen LogP contribution in [0.1, 0.15) is 84.8 Å². The third-order valence-electron chi connectivity index (χ3n) is 10.6. The minimum absolute atomic E-state index is 0.0283. The van der Waals surface area contributed by atoms with Gasteiger partial charge in [0.25, 0.3) is 0 Å². The van der Waals surface area contributed by atoms with Crippen LogP contribution in [0, 0.1) is 29.1 Å². The first-order chi connectivity index (χ1) is 20.7. The maximum Gasteiger partial charge on any atom is 0.456 e. The van der Waals surface area contributed by atoms with Gasteiger partial charge in [-0.15, -0.1) is 0 Å². The van der Waals surface area contributed by atoms with E-state index in [1.807, 2.05) is 0 Å². The highest BCUT2D eigenvalue weighted by Gasteiger charge is 2.79. The van der Waals surface area contributed by atoms with E-state index in [0.717, 1.165) is 22.3 Å². The molecule has 0 saturated heterocycles. The maximum atomic E-state index is 15.2. The van der Waals surface area contributed by atoms with Gasteiger partial charge in [0, 0.05) is 28.9 Å². The zero-order valence-corrected chi connectivity index (χ0v) is 24.0. The Labute approximate surface area is 251 Å². The molecule has 4 nitrogen and oxygen atoms in total. The number of carboxylic acids is 1. The summed E-state index contributed by atoms with van der Waals surface area (Å²) in [4.78, 5) is 23.3. The van der Waals surface area contributed by atoms with Crippen LogP contribution in [0.25, 0.3) is 0 Å². The molecule has 0 radical (unpaired) electrons. The van der Waals surface area contributed by atoms with Gasteiger partial charge >= 0.3 is 18.1 Å². The summed E-state index contributed by atoms with van der Waals surface area (Å²) in [6.45, 7) is 1.41. The molecule has 230 valence electrons. The minimum Gasteiger partial charge on any atom is -0.478 e. The van der Waals surface area contributed by atoms with Crippen LogP contribution in [0.4, 0.5) is 22.0 Å². The monoisotopic (exact) mass is 610 g/mol. The Kier molecular flexibility index (Phi) is 7.16. The average Bonchev–Trinajstić information content (AvgIpc) is 3.26. The summed E-state index contributed by atoms with van der Waals surface area (Å²) < 4.78 is 71.6. The zero-order chi connectivity index (χ0) is 31.7. The molecular weight excluding hydrogens is 579 g/mol. The number of allylic oxidation sites excluding steroid dienone is 4. The molecule has 0 heterocycles. The summed E-state index contributed by atoms with van der Waals surface area (Å²) in [6, 6.07) is 13.2. The fourth-order valence-electron chi connectivity index (χ4n) is 8.35. The topological polar surface area (TPSA) is 74.6 Å². The molecule has 2 N–H and O–H groups in total. The van der Waals surface area contributed by atoms with E-state index in [1.54, 1.807) is 42.5 Å². The Hall–Kier alpha value is -3.77. The summed E-state index contributed by atoms with van der Waals surface area (Å²) in [6.07, 6.45) is -3.02. The van der Waals surface area contributed by atoms with Crippen LogP contribution in [0.3, 0.4) is 0 Å². The van der Waals surface area contributed by atoms with E-state index in [4.69, 9.17) is 5.11 Å². The van der Waals surface area contributed by atoms with Crippen molar-refractivity contribution in [3.05, 3.63) is 93.6 Å². The number of hydrogen-bond donors (Lipinski definition) is 2. The molecule has 44 heavy (non-hydrogen) atoms. The lowest BCUT2D eigenvalue weighted by molar-refractivity contribution is -0.362. The van der Waals surface area contributed by atoms with Gasteiger partial charge in [0.15, 0.2) is 5.78 Å². The van der Waals surface area contributed by atoms with Gasteiger partial charge in [-0.2, -0.15) is 22.0 Å². The summed E-state index contributed by atoms with van der Waals surface area (Å²) in [5, 5.41) is 20.5. The standard InChI is InChI=1S/C35H31F5O4/c1-32-19-28(22-8-4-20(5-9-22)2-3-21-6-10-23(11-7-21)31(42)43)30-26-15-13-25(41)18-24(26)12-14-27(30)29(32)16-17-33(32,44)34(36,37)35(38,39)40/h4-11,18,27-29,44H,12-17,19H2,1H3,(H,42,43)/t27-,28+,29-,32-,33-/m0/s1. The first-order valence-corrected chi connectivity index (χ1v) is 14.8. The van der Waals surface area contributed by atoms with Gasteiger partial charge < -0.3 is 10.2 Å². The Balaban J connectivity index is 1.41. The number of halogens is 5. The lowest BCUT2D eigenvalue weighted by Gasteiger charge is -2.56. The predicted molar refractivity (Wildman–Crippen MR) is 152 cm³/mol. The number of rotatable bonds is 3. The Morgan fingerprint density at radius 3 is 2.11 bits per heavy atom. The van der Waals surface area contributed by atoms with Gasteiger partial charge in [-0.05, 0) is 110 Å². The Bertz CT molecular complexity index is 1640. The van der Waals surface area contributed by atoms with Crippen LogP contribution in [0.15, 0.2) is 71.3 Å². The van der Waals surface area contributed by atoms with Crippen molar-refractivity contribution in [2.45, 2.75) is 75.5 Å². The molecule has 9 heteroatoms. The van der Waals surface area contributed by atoms with Crippen LogP contribution < -0.4 is 0 Å². The number of carbonyl (C=O) groups excluding carboxylic acids is 1. The molecule has 0 bridgehead atoms. The van der Waals surface area contributed by atoms with Crippen molar-refractivity contribution in [1.29, 1.82) is 0 Å². The van der Waals surface area contributed by atoms with Crippen LogP contribution in [0.5, 0.6) is 0 Å². The number of ketones is 1. The number of hydrogen-bond acceptors (Lipinski definition) is 3. The average molecular weight is 611 g/mol. The normalized spacial score (nSPS) is 30.0. The van der Waals surface area contributed by atoms with Gasteiger partial charge in [-0.1, -0.05) is 36.5 Å². The van der Waals surface area contributed by atoms with Gasteiger partial charge in [-0.25, -0.2) is 4.79 Å². The highest BCUT2D eigenvalue weighted by molar-refractivity contribution is 5.93. The molecule has 0 aromatic heterocycles. The zero-order valence-electron chi connectivity index (χ0n) is 24.0. The molecule has 2 aromatic rings. The van der Waals surface area contributed by atoms with Gasteiger partial charge in [0.1, 0.15) is 5.60 Å². The molecule has 6 rings (SSSR count). The van der Waals surface area contributed by atoms with Crippen LogP contribution in [0.2, 0.25) is 0 Å². The van der Waals surface area contributed by atoms with E-state index in [0.29, 0.717) is 36.8 Å². The number of aliphatic hydroxyl groups is 1. The van der Waals surface area contributed by atoms with Crippen molar-refractivity contribution in [2.24, 2.45) is 17.3 Å². The van der Waals surface area contributed by atoms with E-state index in [1.165, 1.54) is 19.1 Å². The van der Waals surface area contributed by atoms with E-state index < -0.39 is 47.3 Å². The van der Waals surface area contributed by atoms with Gasteiger partial charge in [0.2, 0.25) is 0 Å². The quantitative estimate of drug-likeness (QED) is 0.277. The Morgan fingerprint density at radius 2 is 1.52 bits per heavy atom. The SMILES string of the molecule is C[C@]12C[C@H](c3ccc(C#Cc4ccc(C(=O)O)cc4)cc3)C3=C4CCC(=O)C=C4CC[C@H]3[C@@H]1CC[C@@]2(O)C(F)(F)C(F)(F)F. The number of alkyl halides is 5.